The molecular formula is C14H18N4O6S2. The molecule has 1 atom stereocenters. The smallest absolute Gasteiger partial charge is 0.375 e. The van der Waals surface area contributed by atoms with Gasteiger partial charge in [0.15, 0.2) is 5.13 Å². The van der Waals surface area contributed by atoms with E-state index in [9.17, 15) is 18.0 Å². The zero-order valence-corrected chi connectivity index (χ0v) is 15.3. The molecule has 1 saturated carbocycles. The number of hydrogen-bond acceptors (Lipinski definition) is 8. The van der Waals surface area contributed by atoms with Crippen LogP contribution >= 0.6 is 11.3 Å². The van der Waals surface area contributed by atoms with Crippen molar-refractivity contribution in [1.82, 2.24) is 15.4 Å². The molecule has 12 heteroatoms. The molecule has 1 aliphatic heterocycles. The summed E-state index contributed by atoms with van der Waals surface area (Å²) in [7, 11) is -4.85. The molecule has 1 aliphatic carbocycles. The average molecular weight is 402 g/mol. The summed E-state index contributed by atoms with van der Waals surface area (Å²) in [6, 6.07) is -0.968. The number of carbonyl (C=O) groups excluding carboxylic acids is 2. The fourth-order valence-corrected chi connectivity index (χ4v) is 4.42. The average Bonchev–Trinajstić information content (AvgIpc) is 3.03. The molecule has 2 heterocycles. The predicted molar refractivity (Wildman–Crippen MR) is 92.8 cm³/mol. The van der Waals surface area contributed by atoms with Crippen molar-refractivity contribution in [2.45, 2.75) is 43.7 Å². The molecule has 2 amide bonds. The van der Waals surface area contributed by atoms with Gasteiger partial charge in [-0.15, -0.1) is 15.6 Å². The fraction of sp³-hybridized carbons (Fsp3) is 0.500. The van der Waals surface area contributed by atoms with Crippen LogP contribution in [0.5, 0.6) is 0 Å². The van der Waals surface area contributed by atoms with E-state index >= 15 is 0 Å². The number of anilines is 1. The lowest BCUT2D eigenvalue weighted by Gasteiger charge is -2.56. The van der Waals surface area contributed by atoms with Crippen molar-refractivity contribution in [3.05, 3.63) is 17.7 Å². The summed E-state index contributed by atoms with van der Waals surface area (Å²) in [5, 5.41) is 5.11. The molecule has 0 radical (unpaired) electrons. The van der Waals surface area contributed by atoms with E-state index in [0.29, 0.717) is 23.6 Å². The molecular weight excluding hydrogens is 384 g/mol. The molecule has 26 heavy (non-hydrogen) atoms. The summed E-state index contributed by atoms with van der Waals surface area (Å²) in [6.45, 7) is 3.67. The number of thiazole rings is 1. The minimum Gasteiger partial charge on any atom is -0.375 e. The van der Waals surface area contributed by atoms with Crippen LogP contribution in [0.3, 0.4) is 0 Å². The highest BCUT2D eigenvalue weighted by Crippen LogP contribution is 2.45. The van der Waals surface area contributed by atoms with Gasteiger partial charge in [-0.2, -0.15) is 13.5 Å². The van der Waals surface area contributed by atoms with Crippen LogP contribution in [-0.4, -0.2) is 46.4 Å². The zero-order valence-electron chi connectivity index (χ0n) is 13.7. The Labute approximate surface area is 153 Å². The first-order chi connectivity index (χ1) is 12.1. The van der Waals surface area contributed by atoms with E-state index in [4.69, 9.17) is 10.3 Å². The van der Waals surface area contributed by atoms with E-state index < -0.39 is 33.8 Å². The van der Waals surface area contributed by atoms with Gasteiger partial charge in [-0.25, -0.2) is 4.98 Å². The van der Waals surface area contributed by atoms with Crippen molar-refractivity contribution < 1.29 is 26.8 Å². The quantitative estimate of drug-likeness (QED) is 0.366. The molecule has 0 bridgehead atoms. The van der Waals surface area contributed by atoms with Crippen molar-refractivity contribution in [3.63, 3.8) is 0 Å². The fourth-order valence-electron chi connectivity index (χ4n) is 3.44. The van der Waals surface area contributed by atoms with Crippen LogP contribution in [0.15, 0.2) is 12.0 Å². The van der Waals surface area contributed by atoms with E-state index in [1.54, 1.807) is 5.38 Å². The minimum absolute atomic E-state index is 0.0471. The molecule has 1 saturated heterocycles. The van der Waals surface area contributed by atoms with Gasteiger partial charge < -0.3 is 11.1 Å². The first-order valence-corrected chi connectivity index (χ1v) is 10.1. The normalized spacial score (nSPS) is 22.1. The largest absolute Gasteiger partial charge is 0.418 e. The highest BCUT2D eigenvalue weighted by molar-refractivity contribution is 7.80. The Morgan fingerprint density at radius 1 is 1.46 bits per heavy atom. The minimum atomic E-state index is -4.85. The van der Waals surface area contributed by atoms with E-state index in [1.807, 2.05) is 0 Å². The van der Waals surface area contributed by atoms with Crippen LogP contribution in [-0.2, 0) is 24.3 Å². The lowest BCUT2D eigenvalue weighted by Crippen LogP contribution is -2.79. The number of aromatic nitrogens is 1. The van der Waals surface area contributed by atoms with Crippen LogP contribution in [0.1, 0.15) is 37.8 Å². The third-order valence-corrected chi connectivity index (χ3v) is 5.67. The Morgan fingerprint density at radius 2 is 2.12 bits per heavy atom. The number of nitrogens with zero attached hydrogens (tertiary/aromatic N) is 2. The molecule has 1 spiro atoms. The molecule has 4 N–H and O–H groups in total. The molecule has 3 rings (SSSR count). The van der Waals surface area contributed by atoms with Crippen molar-refractivity contribution in [2.75, 3.05) is 5.73 Å². The lowest BCUT2D eigenvalue weighted by molar-refractivity contribution is -0.232. The number of nitrogens with two attached hydrogens (primary N) is 1. The summed E-state index contributed by atoms with van der Waals surface area (Å²) in [6.07, 6.45) is 3.26. The summed E-state index contributed by atoms with van der Waals surface area (Å²) in [5.74, 6) is -1.35. The van der Waals surface area contributed by atoms with Gasteiger partial charge in [0.25, 0.3) is 11.8 Å². The van der Waals surface area contributed by atoms with E-state index in [1.165, 1.54) is 0 Å². The van der Waals surface area contributed by atoms with E-state index in [-0.39, 0.29) is 10.7 Å². The SMILES string of the molecule is C=C(C(=O)NC1C(=O)N(OS(=O)(=O)O)C12CCCCC2)c1csc(N)n1. The van der Waals surface area contributed by atoms with Gasteiger partial charge in [0, 0.05) is 5.38 Å². The zero-order chi connectivity index (χ0) is 19.1. The monoisotopic (exact) mass is 402 g/mol. The molecule has 1 aromatic rings. The summed E-state index contributed by atoms with van der Waals surface area (Å²) in [5.41, 5.74) is 4.88. The second-order valence-electron chi connectivity index (χ2n) is 6.26. The Morgan fingerprint density at radius 3 is 2.65 bits per heavy atom. The maximum Gasteiger partial charge on any atom is 0.418 e. The van der Waals surface area contributed by atoms with Crippen LogP contribution in [0.25, 0.3) is 5.57 Å². The topological polar surface area (TPSA) is 152 Å². The van der Waals surface area contributed by atoms with Crippen LogP contribution in [0.2, 0.25) is 0 Å². The Kier molecular flexibility index (Phi) is 4.77. The van der Waals surface area contributed by atoms with Gasteiger partial charge in [-0.1, -0.05) is 25.8 Å². The Bertz CT molecular complexity index is 859. The molecule has 2 aliphatic rings. The second-order valence-corrected chi connectivity index (χ2v) is 8.15. The van der Waals surface area contributed by atoms with Gasteiger partial charge in [0.2, 0.25) is 0 Å². The molecule has 0 aromatic carbocycles. The van der Waals surface area contributed by atoms with Crippen LogP contribution < -0.4 is 11.1 Å². The van der Waals surface area contributed by atoms with Gasteiger partial charge in [-0.3, -0.25) is 14.1 Å². The van der Waals surface area contributed by atoms with Crippen molar-refractivity contribution in [3.8, 4) is 0 Å². The van der Waals surface area contributed by atoms with Crippen molar-refractivity contribution in [2.24, 2.45) is 0 Å². The van der Waals surface area contributed by atoms with Crippen molar-refractivity contribution in [1.29, 1.82) is 0 Å². The lowest BCUT2D eigenvalue weighted by atomic mass is 9.70. The highest BCUT2D eigenvalue weighted by Gasteiger charge is 2.63. The standard InChI is InChI=1S/C14H18N4O6S2/c1-8(9-7-25-13(15)16-9)11(19)17-10-12(20)18(24-26(21,22)23)14(10)5-3-2-4-6-14/h7,10H,1-6H2,(H2,15,16)(H,17,19)(H,21,22,23). The van der Waals surface area contributed by atoms with Gasteiger partial charge in [-0.05, 0) is 12.8 Å². The summed E-state index contributed by atoms with van der Waals surface area (Å²) >= 11 is 1.15. The number of nitrogens with one attached hydrogen (secondary N) is 1. The maximum atomic E-state index is 12.5. The first-order valence-electron chi connectivity index (χ1n) is 7.86. The summed E-state index contributed by atoms with van der Waals surface area (Å²) in [4.78, 5) is 28.8. The number of rotatable bonds is 5. The van der Waals surface area contributed by atoms with Crippen LogP contribution in [0, 0.1) is 0 Å². The Balaban J connectivity index is 1.79. The molecule has 1 unspecified atom stereocenters. The number of nitrogen functional groups attached to an aromatic ring is 1. The third kappa shape index (κ3) is 3.32. The Hall–Kier alpha value is -2.02. The third-order valence-electron chi connectivity index (χ3n) is 4.66. The van der Waals surface area contributed by atoms with Gasteiger partial charge in [0.05, 0.1) is 11.3 Å². The van der Waals surface area contributed by atoms with E-state index in [0.717, 1.165) is 30.6 Å². The molecule has 2 fully saturated rings. The molecule has 10 nitrogen and oxygen atoms in total. The molecule has 1 aromatic heterocycles. The maximum absolute atomic E-state index is 12.5. The number of β-lactam (4-membered cyclic amide) rings is 1. The van der Waals surface area contributed by atoms with Gasteiger partial charge in [0.1, 0.15) is 11.6 Å². The van der Waals surface area contributed by atoms with Gasteiger partial charge >= 0.3 is 10.4 Å². The van der Waals surface area contributed by atoms with Crippen LogP contribution in [0.4, 0.5) is 5.13 Å². The predicted octanol–water partition coefficient (Wildman–Crippen LogP) is 0.503. The number of amides is 2. The van der Waals surface area contributed by atoms with Crippen molar-refractivity contribution >= 4 is 44.3 Å². The summed E-state index contributed by atoms with van der Waals surface area (Å²) < 4.78 is 35.5. The molecule has 142 valence electrons. The first kappa shape index (κ1) is 18.8. The number of hydrogen-bond donors (Lipinski definition) is 3. The highest BCUT2D eigenvalue weighted by atomic mass is 32.3. The number of carbonyl (C=O) groups is 2. The number of hydroxylamine groups is 2. The van der Waals surface area contributed by atoms with E-state index in [2.05, 4.69) is 21.2 Å². The second kappa shape index (κ2) is 6.61.